The van der Waals surface area contributed by atoms with Gasteiger partial charge in [0.1, 0.15) is 17.3 Å². The first-order valence-corrected chi connectivity index (χ1v) is 9.34. The summed E-state index contributed by atoms with van der Waals surface area (Å²) in [7, 11) is 0. The zero-order chi connectivity index (χ0) is 21.4. The van der Waals surface area contributed by atoms with Gasteiger partial charge in [-0.3, -0.25) is 9.59 Å². The summed E-state index contributed by atoms with van der Waals surface area (Å²) < 4.78 is 27.8. The lowest BCUT2D eigenvalue weighted by molar-refractivity contribution is -0.120. The summed E-state index contributed by atoms with van der Waals surface area (Å²) in [6, 6.07) is 17.2. The van der Waals surface area contributed by atoms with Crippen molar-refractivity contribution in [3.8, 4) is 0 Å². The molecule has 30 heavy (non-hydrogen) atoms. The molecule has 150 valence electrons. The van der Waals surface area contributed by atoms with Crippen molar-refractivity contribution in [2.45, 2.75) is 13.8 Å². The van der Waals surface area contributed by atoms with Gasteiger partial charge in [-0.1, -0.05) is 42.0 Å². The van der Waals surface area contributed by atoms with Crippen LogP contribution in [-0.4, -0.2) is 11.8 Å². The molecule has 0 spiro atoms. The average molecular weight is 404 g/mol. The monoisotopic (exact) mass is 404 g/mol. The molecule has 0 saturated heterocycles. The van der Waals surface area contributed by atoms with E-state index >= 15 is 0 Å². The van der Waals surface area contributed by atoms with Gasteiger partial charge in [-0.15, -0.1) is 0 Å². The van der Waals surface area contributed by atoms with Crippen molar-refractivity contribution in [1.29, 1.82) is 0 Å². The second-order valence-electron chi connectivity index (χ2n) is 7.10. The van der Waals surface area contributed by atoms with Crippen LogP contribution in [-0.2, 0) is 9.59 Å². The van der Waals surface area contributed by atoms with Gasteiger partial charge >= 0.3 is 0 Å². The number of para-hydroxylation sites is 1. The standard InChI is InChI=1S/C24H18F2N2O2/c1-14-8-10-18(15(2)12-14)21-22(27-17-6-4-3-5-7-17)24(30)28(23(21)29)20-11-9-16(25)13-19(20)26/h3-13,27H,1-2H3. The lowest BCUT2D eigenvalue weighted by atomic mass is 9.97. The van der Waals surface area contributed by atoms with Crippen LogP contribution in [0.3, 0.4) is 0 Å². The normalized spacial score (nSPS) is 13.9. The molecule has 0 fully saturated rings. The van der Waals surface area contributed by atoms with Gasteiger partial charge in [-0.25, -0.2) is 13.7 Å². The molecule has 2 amide bonds. The Hall–Kier alpha value is -3.80. The molecule has 0 radical (unpaired) electrons. The number of benzene rings is 3. The van der Waals surface area contributed by atoms with E-state index in [-0.39, 0.29) is 17.0 Å². The first-order chi connectivity index (χ1) is 14.4. The van der Waals surface area contributed by atoms with E-state index in [9.17, 15) is 18.4 Å². The molecule has 1 N–H and O–H groups in total. The molecule has 0 unspecified atom stereocenters. The second kappa shape index (κ2) is 7.55. The predicted molar refractivity (Wildman–Crippen MR) is 112 cm³/mol. The van der Waals surface area contributed by atoms with Crippen LogP contribution in [0.1, 0.15) is 16.7 Å². The van der Waals surface area contributed by atoms with Gasteiger partial charge in [0.2, 0.25) is 0 Å². The molecular weight excluding hydrogens is 386 g/mol. The Morgan fingerprint density at radius 1 is 0.833 bits per heavy atom. The van der Waals surface area contributed by atoms with Gasteiger partial charge in [0.15, 0.2) is 0 Å². The number of hydrogen-bond acceptors (Lipinski definition) is 3. The van der Waals surface area contributed by atoms with Crippen LogP contribution < -0.4 is 10.2 Å². The number of halogens is 2. The third-order valence-corrected chi connectivity index (χ3v) is 4.93. The fraction of sp³-hybridized carbons (Fsp3) is 0.0833. The zero-order valence-electron chi connectivity index (χ0n) is 16.4. The Labute approximate surface area is 172 Å². The topological polar surface area (TPSA) is 49.4 Å². The lowest BCUT2D eigenvalue weighted by Gasteiger charge is -2.16. The highest BCUT2D eigenvalue weighted by atomic mass is 19.1. The number of carbonyl (C=O) groups excluding carboxylic acids is 2. The van der Waals surface area contributed by atoms with Crippen molar-refractivity contribution in [2.75, 3.05) is 10.2 Å². The van der Waals surface area contributed by atoms with E-state index in [0.717, 1.165) is 28.2 Å². The van der Waals surface area contributed by atoms with Crippen molar-refractivity contribution in [2.24, 2.45) is 0 Å². The van der Waals surface area contributed by atoms with Gasteiger partial charge in [0, 0.05) is 11.8 Å². The van der Waals surface area contributed by atoms with Crippen molar-refractivity contribution < 1.29 is 18.4 Å². The molecular formula is C24H18F2N2O2. The SMILES string of the molecule is Cc1ccc(C2=C(Nc3ccccc3)C(=O)N(c3ccc(F)cc3F)C2=O)c(C)c1. The van der Waals surface area contributed by atoms with E-state index in [0.29, 0.717) is 17.3 Å². The summed E-state index contributed by atoms with van der Waals surface area (Å²) in [5, 5.41) is 3.01. The number of imide groups is 1. The highest BCUT2D eigenvalue weighted by Gasteiger charge is 2.41. The van der Waals surface area contributed by atoms with Crippen LogP contribution in [0.15, 0.2) is 72.4 Å². The fourth-order valence-electron chi connectivity index (χ4n) is 3.54. The second-order valence-corrected chi connectivity index (χ2v) is 7.10. The Morgan fingerprint density at radius 3 is 2.23 bits per heavy atom. The van der Waals surface area contributed by atoms with Crippen LogP contribution in [0.2, 0.25) is 0 Å². The van der Waals surface area contributed by atoms with Crippen LogP contribution in [0.5, 0.6) is 0 Å². The fourth-order valence-corrected chi connectivity index (χ4v) is 3.54. The van der Waals surface area contributed by atoms with Crippen LogP contribution in [0, 0.1) is 25.5 Å². The molecule has 1 aliphatic heterocycles. The molecule has 0 atom stereocenters. The summed E-state index contributed by atoms with van der Waals surface area (Å²) in [5.74, 6) is -3.15. The van der Waals surface area contributed by atoms with E-state index in [2.05, 4.69) is 5.32 Å². The third-order valence-electron chi connectivity index (χ3n) is 4.93. The Kier molecular flexibility index (Phi) is 4.91. The number of rotatable bonds is 4. The predicted octanol–water partition coefficient (Wildman–Crippen LogP) is 4.98. The summed E-state index contributed by atoms with van der Waals surface area (Å²) in [6.07, 6.45) is 0. The number of nitrogens with one attached hydrogen (secondary N) is 1. The summed E-state index contributed by atoms with van der Waals surface area (Å²) in [4.78, 5) is 27.3. The van der Waals surface area contributed by atoms with Crippen molar-refractivity contribution in [3.63, 3.8) is 0 Å². The minimum absolute atomic E-state index is 0.0434. The van der Waals surface area contributed by atoms with Gasteiger partial charge in [0.05, 0.1) is 11.3 Å². The van der Waals surface area contributed by atoms with Crippen LogP contribution in [0.25, 0.3) is 5.57 Å². The Morgan fingerprint density at radius 2 is 1.57 bits per heavy atom. The quantitative estimate of drug-likeness (QED) is 0.624. The number of nitrogens with zero attached hydrogens (tertiary/aromatic N) is 1. The first-order valence-electron chi connectivity index (χ1n) is 9.34. The largest absolute Gasteiger partial charge is 0.350 e. The van der Waals surface area contributed by atoms with E-state index < -0.39 is 23.4 Å². The van der Waals surface area contributed by atoms with Gasteiger partial charge in [0.25, 0.3) is 11.8 Å². The highest BCUT2D eigenvalue weighted by Crippen LogP contribution is 2.36. The molecule has 1 aliphatic rings. The summed E-state index contributed by atoms with van der Waals surface area (Å²) in [5.41, 5.74) is 2.89. The lowest BCUT2D eigenvalue weighted by Crippen LogP contribution is -2.33. The van der Waals surface area contributed by atoms with E-state index in [1.807, 2.05) is 32.0 Å². The van der Waals surface area contributed by atoms with Crippen LogP contribution in [0.4, 0.5) is 20.2 Å². The number of hydrogen-bond donors (Lipinski definition) is 1. The van der Waals surface area contributed by atoms with Gasteiger partial charge < -0.3 is 5.32 Å². The number of amides is 2. The molecule has 6 heteroatoms. The molecule has 4 rings (SSSR count). The third kappa shape index (κ3) is 3.37. The molecule has 0 aliphatic carbocycles. The number of anilines is 2. The van der Waals surface area contributed by atoms with Gasteiger partial charge in [-0.05, 0) is 49.2 Å². The molecule has 1 heterocycles. The first kappa shape index (κ1) is 19.5. The van der Waals surface area contributed by atoms with E-state index in [4.69, 9.17) is 0 Å². The maximum Gasteiger partial charge on any atom is 0.282 e. The van der Waals surface area contributed by atoms with Crippen molar-refractivity contribution in [1.82, 2.24) is 0 Å². The molecule has 0 aromatic heterocycles. The maximum atomic E-state index is 14.4. The average Bonchev–Trinajstić information content (AvgIpc) is 2.93. The molecule has 0 saturated carbocycles. The molecule has 3 aromatic rings. The Balaban J connectivity index is 1.88. The van der Waals surface area contributed by atoms with Gasteiger partial charge in [-0.2, -0.15) is 0 Å². The Bertz CT molecular complexity index is 1200. The van der Waals surface area contributed by atoms with Crippen molar-refractivity contribution >= 4 is 28.8 Å². The zero-order valence-corrected chi connectivity index (χ0v) is 16.4. The van der Waals surface area contributed by atoms with Crippen LogP contribution >= 0.6 is 0 Å². The smallest absolute Gasteiger partial charge is 0.282 e. The number of aryl methyl sites for hydroxylation is 2. The minimum atomic E-state index is -0.988. The molecule has 4 nitrogen and oxygen atoms in total. The minimum Gasteiger partial charge on any atom is -0.350 e. The highest BCUT2D eigenvalue weighted by molar-refractivity contribution is 6.46. The molecule has 3 aromatic carbocycles. The van der Waals surface area contributed by atoms with E-state index in [1.165, 1.54) is 0 Å². The maximum absolute atomic E-state index is 14.4. The molecule has 0 bridgehead atoms. The van der Waals surface area contributed by atoms with E-state index in [1.54, 1.807) is 30.3 Å². The summed E-state index contributed by atoms with van der Waals surface area (Å²) in [6.45, 7) is 3.77. The van der Waals surface area contributed by atoms with Crippen molar-refractivity contribution in [3.05, 3.63) is 101 Å². The number of carbonyl (C=O) groups is 2. The summed E-state index contributed by atoms with van der Waals surface area (Å²) >= 11 is 0.